The van der Waals surface area contributed by atoms with Crippen molar-refractivity contribution >= 4 is 28.3 Å². The van der Waals surface area contributed by atoms with Crippen LogP contribution in [0.5, 0.6) is 0 Å². The van der Waals surface area contributed by atoms with Crippen molar-refractivity contribution < 1.29 is 0 Å². The Balaban J connectivity index is 2.18. The molecule has 0 spiro atoms. The number of hydrogen-bond donors (Lipinski definition) is 0. The predicted octanol–water partition coefficient (Wildman–Crippen LogP) is 2.90. The van der Waals surface area contributed by atoms with E-state index in [0.717, 1.165) is 11.1 Å². The highest BCUT2D eigenvalue weighted by molar-refractivity contribution is 6.30. The lowest BCUT2D eigenvalue weighted by atomic mass is 10.2. The minimum atomic E-state index is -0.0850. The van der Waals surface area contributed by atoms with Gasteiger partial charge in [0.05, 0.1) is 10.9 Å². The first-order chi connectivity index (χ1) is 10.7. The molecule has 0 aliphatic rings. The molecule has 0 fully saturated rings. The molecule has 0 atom stereocenters. The summed E-state index contributed by atoms with van der Waals surface area (Å²) >= 11 is 5.94. The molecule has 4 rings (SSSR count). The number of para-hydroxylation sites is 1. The minimum absolute atomic E-state index is 0.0850. The average Bonchev–Trinajstić information content (AvgIpc) is 2.98. The van der Waals surface area contributed by atoms with Crippen LogP contribution in [0.25, 0.3) is 28.1 Å². The van der Waals surface area contributed by atoms with Crippen LogP contribution in [0.4, 0.5) is 0 Å². The number of hydrogen-bond acceptors (Lipinski definition) is 3. The normalized spacial score (nSPS) is 11.4. The van der Waals surface area contributed by atoms with Crippen LogP contribution < -0.4 is 5.56 Å². The summed E-state index contributed by atoms with van der Waals surface area (Å²) in [5.74, 6) is 1.19. The van der Waals surface area contributed by atoms with E-state index in [1.807, 2.05) is 52.9 Å². The van der Waals surface area contributed by atoms with Gasteiger partial charge in [0, 0.05) is 17.6 Å². The second kappa shape index (κ2) is 4.68. The highest BCUT2D eigenvalue weighted by atomic mass is 35.5. The minimum Gasteiger partial charge on any atom is -0.279 e. The molecule has 0 N–H and O–H groups in total. The summed E-state index contributed by atoms with van der Waals surface area (Å²) in [6.45, 7) is 0. The lowest BCUT2D eigenvalue weighted by Gasteiger charge is -2.07. The second-order valence-electron chi connectivity index (χ2n) is 5.05. The summed E-state index contributed by atoms with van der Waals surface area (Å²) in [7, 11) is 1.70. The lowest BCUT2D eigenvalue weighted by Crippen LogP contribution is -2.20. The predicted molar refractivity (Wildman–Crippen MR) is 86.2 cm³/mol. The Kier molecular flexibility index (Phi) is 2.77. The van der Waals surface area contributed by atoms with E-state index in [1.165, 1.54) is 4.57 Å². The van der Waals surface area contributed by atoms with Gasteiger partial charge in [-0.2, -0.15) is 0 Å². The van der Waals surface area contributed by atoms with Gasteiger partial charge in [0.15, 0.2) is 5.82 Å². The van der Waals surface area contributed by atoms with Crippen molar-refractivity contribution in [2.24, 2.45) is 7.05 Å². The Morgan fingerprint density at radius 2 is 1.73 bits per heavy atom. The van der Waals surface area contributed by atoms with Crippen molar-refractivity contribution in [2.45, 2.75) is 0 Å². The van der Waals surface area contributed by atoms with Gasteiger partial charge >= 0.3 is 0 Å². The molecule has 0 bridgehead atoms. The molecule has 0 amide bonds. The fourth-order valence-electron chi connectivity index (χ4n) is 2.62. The van der Waals surface area contributed by atoms with Crippen molar-refractivity contribution in [1.82, 2.24) is 19.2 Å². The molecule has 108 valence electrons. The third kappa shape index (κ3) is 1.76. The summed E-state index contributed by atoms with van der Waals surface area (Å²) in [6.07, 6.45) is 0. The second-order valence-corrected chi connectivity index (χ2v) is 5.48. The van der Waals surface area contributed by atoms with E-state index < -0.39 is 0 Å². The zero-order chi connectivity index (χ0) is 15.3. The number of fused-ring (bicyclic) bond motifs is 3. The number of nitrogens with zero attached hydrogens (tertiary/aromatic N) is 4. The maximum absolute atomic E-state index is 12.4. The third-order valence-corrected chi connectivity index (χ3v) is 3.98. The fraction of sp³-hybridized carbons (Fsp3) is 0.0625. The number of benzene rings is 2. The van der Waals surface area contributed by atoms with Gasteiger partial charge in [-0.1, -0.05) is 23.7 Å². The number of rotatable bonds is 1. The molecule has 5 nitrogen and oxygen atoms in total. The van der Waals surface area contributed by atoms with Crippen LogP contribution in [0.1, 0.15) is 0 Å². The molecule has 0 saturated carbocycles. The summed E-state index contributed by atoms with van der Waals surface area (Å²) < 4.78 is 3.40. The van der Waals surface area contributed by atoms with Gasteiger partial charge in [-0.25, -0.2) is 0 Å². The number of halogens is 1. The number of aryl methyl sites for hydroxylation is 1. The van der Waals surface area contributed by atoms with Crippen LogP contribution in [0, 0.1) is 0 Å². The summed E-state index contributed by atoms with van der Waals surface area (Å²) in [5, 5.41) is 9.72. The quantitative estimate of drug-likeness (QED) is 0.543. The van der Waals surface area contributed by atoms with Crippen LogP contribution in [-0.2, 0) is 7.05 Å². The highest BCUT2D eigenvalue weighted by Crippen LogP contribution is 2.23. The Labute approximate surface area is 130 Å². The monoisotopic (exact) mass is 310 g/mol. The van der Waals surface area contributed by atoms with Gasteiger partial charge in [-0.15, -0.1) is 10.2 Å². The largest absolute Gasteiger partial charge is 0.279 e. The third-order valence-electron chi connectivity index (χ3n) is 3.73. The maximum Gasteiger partial charge on any atom is 0.262 e. The molecular formula is C16H11ClN4O. The van der Waals surface area contributed by atoms with Crippen LogP contribution in [0.3, 0.4) is 0 Å². The Bertz CT molecular complexity index is 1060. The van der Waals surface area contributed by atoms with Crippen molar-refractivity contribution in [3.05, 3.63) is 63.9 Å². The van der Waals surface area contributed by atoms with Crippen molar-refractivity contribution in [3.8, 4) is 11.4 Å². The van der Waals surface area contributed by atoms with Gasteiger partial charge in [0.25, 0.3) is 5.56 Å². The first-order valence-corrected chi connectivity index (χ1v) is 7.13. The molecule has 2 heterocycles. The number of aromatic nitrogens is 4. The molecule has 2 aromatic carbocycles. The zero-order valence-electron chi connectivity index (χ0n) is 11.7. The van der Waals surface area contributed by atoms with Gasteiger partial charge in [-0.3, -0.25) is 13.8 Å². The van der Waals surface area contributed by atoms with E-state index in [9.17, 15) is 4.79 Å². The molecule has 0 saturated heterocycles. The van der Waals surface area contributed by atoms with Gasteiger partial charge < -0.3 is 0 Å². The maximum atomic E-state index is 12.4. The molecular weight excluding hydrogens is 300 g/mol. The van der Waals surface area contributed by atoms with E-state index in [1.54, 1.807) is 7.05 Å². The van der Waals surface area contributed by atoms with E-state index in [-0.39, 0.29) is 5.56 Å². The van der Waals surface area contributed by atoms with Gasteiger partial charge in [-0.05, 0) is 36.4 Å². The first-order valence-electron chi connectivity index (χ1n) is 6.75. The SMILES string of the molecule is Cn1c(=O)c2ccccc2n2c(-c3ccc(Cl)cc3)nnc12. The molecule has 0 radical (unpaired) electrons. The standard InChI is InChI=1S/C16H11ClN4O/c1-20-15(22)12-4-2-3-5-13(12)21-14(18-19-16(20)21)10-6-8-11(17)9-7-10/h2-9H,1H3. The molecule has 6 heteroatoms. The highest BCUT2D eigenvalue weighted by Gasteiger charge is 2.15. The average molecular weight is 311 g/mol. The Morgan fingerprint density at radius 3 is 2.50 bits per heavy atom. The topological polar surface area (TPSA) is 52.2 Å². The molecule has 4 aromatic rings. The zero-order valence-corrected chi connectivity index (χ0v) is 12.4. The molecule has 2 aromatic heterocycles. The fourth-order valence-corrected chi connectivity index (χ4v) is 2.75. The van der Waals surface area contributed by atoms with Crippen molar-refractivity contribution in [1.29, 1.82) is 0 Å². The van der Waals surface area contributed by atoms with E-state index in [4.69, 9.17) is 11.6 Å². The molecule has 0 aliphatic carbocycles. The van der Waals surface area contributed by atoms with E-state index in [2.05, 4.69) is 10.2 Å². The molecule has 22 heavy (non-hydrogen) atoms. The smallest absolute Gasteiger partial charge is 0.262 e. The van der Waals surface area contributed by atoms with Crippen LogP contribution in [0.15, 0.2) is 53.3 Å². The van der Waals surface area contributed by atoms with Crippen molar-refractivity contribution in [3.63, 3.8) is 0 Å². The Morgan fingerprint density at radius 1 is 1.00 bits per heavy atom. The van der Waals surface area contributed by atoms with Crippen LogP contribution >= 0.6 is 11.6 Å². The Hall–Kier alpha value is -2.66. The summed E-state index contributed by atoms with van der Waals surface area (Å²) in [6, 6.07) is 14.8. The van der Waals surface area contributed by atoms with Crippen molar-refractivity contribution in [2.75, 3.05) is 0 Å². The lowest BCUT2D eigenvalue weighted by molar-refractivity contribution is 0.859. The van der Waals surface area contributed by atoms with Crippen LogP contribution in [-0.4, -0.2) is 19.2 Å². The van der Waals surface area contributed by atoms with E-state index >= 15 is 0 Å². The van der Waals surface area contributed by atoms with Gasteiger partial charge in [0.1, 0.15) is 0 Å². The summed E-state index contributed by atoms with van der Waals surface area (Å²) in [5.41, 5.74) is 1.59. The van der Waals surface area contributed by atoms with Crippen LogP contribution in [0.2, 0.25) is 5.02 Å². The summed E-state index contributed by atoms with van der Waals surface area (Å²) in [4.78, 5) is 12.4. The molecule has 0 unspecified atom stereocenters. The van der Waals surface area contributed by atoms with Gasteiger partial charge in [0.2, 0.25) is 5.78 Å². The first kappa shape index (κ1) is 13.0. The van der Waals surface area contributed by atoms with E-state index in [0.29, 0.717) is 22.0 Å². The molecule has 0 aliphatic heterocycles.